The van der Waals surface area contributed by atoms with E-state index in [0.717, 1.165) is 34.7 Å². The molecule has 0 aliphatic carbocycles. The molecule has 1 heterocycles. The number of carbonyl (C=O) groups is 1. The van der Waals surface area contributed by atoms with E-state index < -0.39 is 0 Å². The summed E-state index contributed by atoms with van der Waals surface area (Å²) in [5.41, 5.74) is 4.81. The highest BCUT2D eigenvalue weighted by molar-refractivity contribution is 5.92. The third kappa shape index (κ3) is 4.68. The number of aliphatic hydroxyl groups is 1. The molecule has 130 valence electrons. The van der Waals surface area contributed by atoms with E-state index in [9.17, 15) is 4.79 Å². The van der Waals surface area contributed by atoms with Crippen molar-refractivity contribution in [2.45, 2.75) is 47.1 Å². The Morgan fingerprint density at radius 3 is 2.50 bits per heavy atom. The van der Waals surface area contributed by atoms with Crippen molar-refractivity contribution in [1.82, 2.24) is 9.78 Å². The minimum absolute atomic E-state index is 0.0415. The molecule has 0 aliphatic heterocycles. The number of carbonyl (C=O) groups excluding carboxylic acids is 1. The number of hydrogen-bond donors (Lipinski definition) is 2. The summed E-state index contributed by atoms with van der Waals surface area (Å²) in [5, 5.41) is 16.4. The minimum atomic E-state index is -0.0415. The lowest BCUT2D eigenvalue weighted by molar-refractivity contribution is -0.115. The maximum Gasteiger partial charge on any atom is 0.228 e. The molecule has 2 aromatic rings. The first kappa shape index (κ1) is 18.2. The van der Waals surface area contributed by atoms with Gasteiger partial charge in [0.2, 0.25) is 5.91 Å². The highest BCUT2D eigenvalue weighted by Crippen LogP contribution is 2.17. The molecule has 0 radical (unpaired) electrons. The fraction of sp³-hybridized carbons (Fsp3) is 0.474. The summed E-state index contributed by atoms with van der Waals surface area (Å²) in [7, 11) is 0. The summed E-state index contributed by atoms with van der Waals surface area (Å²) in [6.45, 7) is 9.28. The Kier molecular flexibility index (Phi) is 6.15. The first-order valence-electron chi connectivity index (χ1n) is 8.43. The molecule has 5 nitrogen and oxygen atoms in total. The molecule has 24 heavy (non-hydrogen) atoms. The number of nitrogens with zero attached hydrogens (tertiary/aromatic N) is 2. The van der Waals surface area contributed by atoms with E-state index in [0.29, 0.717) is 18.8 Å². The number of amides is 1. The molecule has 1 amide bonds. The Morgan fingerprint density at radius 2 is 1.92 bits per heavy atom. The number of aryl methyl sites for hydroxylation is 1. The smallest absolute Gasteiger partial charge is 0.228 e. The molecule has 1 aromatic heterocycles. The zero-order valence-electron chi connectivity index (χ0n) is 15.0. The molecule has 0 bridgehead atoms. The Bertz CT molecular complexity index is 687. The molecule has 0 spiro atoms. The monoisotopic (exact) mass is 329 g/mol. The second kappa shape index (κ2) is 8.11. The number of aromatic nitrogens is 2. The molecule has 0 unspecified atom stereocenters. The predicted molar refractivity (Wildman–Crippen MR) is 96.1 cm³/mol. The van der Waals surface area contributed by atoms with Crippen LogP contribution in [0.25, 0.3) is 0 Å². The van der Waals surface area contributed by atoms with E-state index >= 15 is 0 Å². The van der Waals surface area contributed by atoms with Crippen LogP contribution in [0.1, 0.15) is 36.4 Å². The van der Waals surface area contributed by atoms with Crippen LogP contribution in [0, 0.1) is 19.8 Å². The average Bonchev–Trinajstić information content (AvgIpc) is 2.76. The maximum atomic E-state index is 12.3. The van der Waals surface area contributed by atoms with E-state index in [-0.39, 0.29) is 12.5 Å². The van der Waals surface area contributed by atoms with Crippen LogP contribution in [0.15, 0.2) is 24.3 Å². The van der Waals surface area contributed by atoms with E-state index in [1.165, 1.54) is 0 Å². The van der Waals surface area contributed by atoms with E-state index in [1.807, 2.05) is 42.8 Å². The van der Waals surface area contributed by atoms with Crippen molar-refractivity contribution in [3.63, 3.8) is 0 Å². The van der Waals surface area contributed by atoms with Gasteiger partial charge in [0.15, 0.2) is 0 Å². The van der Waals surface area contributed by atoms with Crippen LogP contribution in [-0.4, -0.2) is 27.4 Å². The molecule has 1 aromatic carbocycles. The highest BCUT2D eigenvalue weighted by Gasteiger charge is 2.15. The summed E-state index contributed by atoms with van der Waals surface area (Å²) in [4.78, 5) is 12.3. The topological polar surface area (TPSA) is 67.2 Å². The van der Waals surface area contributed by atoms with Crippen molar-refractivity contribution in [1.29, 1.82) is 0 Å². The molecular formula is C19H27N3O2. The van der Waals surface area contributed by atoms with Crippen LogP contribution in [0.2, 0.25) is 0 Å². The summed E-state index contributed by atoms with van der Waals surface area (Å²) in [5.74, 6) is 0.474. The molecule has 2 rings (SSSR count). The number of hydrogen-bond acceptors (Lipinski definition) is 3. The lowest BCUT2D eigenvalue weighted by Gasteiger charge is -2.09. The first-order valence-corrected chi connectivity index (χ1v) is 8.43. The molecule has 2 N–H and O–H groups in total. The van der Waals surface area contributed by atoms with Gasteiger partial charge in [-0.1, -0.05) is 26.0 Å². The number of benzene rings is 1. The van der Waals surface area contributed by atoms with Gasteiger partial charge in [0.05, 0.1) is 12.1 Å². The largest absolute Gasteiger partial charge is 0.396 e. The third-order valence-corrected chi connectivity index (χ3v) is 4.04. The standard InChI is InChI=1S/C19H27N3O2/c1-13(2)12-22-15(4)18(14(3)21-22)11-19(24)20-17-7-5-16(6-8-17)9-10-23/h5-8,13,23H,9-12H2,1-4H3,(H,20,24). The van der Waals surface area contributed by atoms with Gasteiger partial charge in [0, 0.05) is 30.1 Å². The number of anilines is 1. The van der Waals surface area contributed by atoms with Crippen LogP contribution >= 0.6 is 0 Å². The van der Waals surface area contributed by atoms with E-state index in [2.05, 4.69) is 24.3 Å². The van der Waals surface area contributed by atoms with Crippen LogP contribution in [-0.2, 0) is 24.2 Å². The summed E-state index contributed by atoms with van der Waals surface area (Å²) in [6.07, 6.45) is 0.954. The second-order valence-corrected chi connectivity index (χ2v) is 6.62. The molecule has 0 atom stereocenters. The normalized spacial score (nSPS) is 11.1. The second-order valence-electron chi connectivity index (χ2n) is 6.62. The fourth-order valence-electron chi connectivity index (χ4n) is 2.76. The van der Waals surface area contributed by atoms with Crippen molar-refractivity contribution in [3.8, 4) is 0 Å². The van der Waals surface area contributed by atoms with Gasteiger partial charge in [-0.15, -0.1) is 0 Å². The van der Waals surface area contributed by atoms with Crippen molar-refractivity contribution < 1.29 is 9.90 Å². The Balaban J connectivity index is 2.03. The molecular weight excluding hydrogens is 302 g/mol. The van der Waals surface area contributed by atoms with Crippen LogP contribution in [0.3, 0.4) is 0 Å². The van der Waals surface area contributed by atoms with Crippen molar-refractivity contribution in [3.05, 3.63) is 46.8 Å². The molecule has 0 saturated heterocycles. The van der Waals surface area contributed by atoms with Gasteiger partial charge in [-0.3, -0.25) is 9.48 Å². The number of aliphatic hydroxyl groups excluding tert-OH is 1. The summed E-state index contributed by atoms with van der Waals surface area (Å²) in [6, 6.07) is 7.57. The Morgan fingerprint density at radius 1 is 1.25 bits per heavy atom. The van der Waals surface area contributed by atoms with Crippen LogP contribution < -0.4 is 5.32 Å². The lowest BCUT2D eigenvalue weighted by atomic mass is 10.1. The van der Waals surface area contributed by atoms with Gasteiger partial charge < -0.3 is 10.4 Å². The Hall–Kier alpha value is -2.14. The van der Waals surface area contributed by atoms with Gasteiger partial charge in [0.25, 0.3) is 0 Å². The van der Waals surface area contributed by atoms with Crippen LogP contribution in [0.5, 0.6) is 0 Å². The molecule has 0 fully saturated rings. The van der Waals surface area contributed by atoms with Gasteiger partial charge in [-0.05, 0) is 43.9 Å². The summed E-state index contributed by atoms with van der Waals surface area (Å²) >= 11 is 0. The summed E-state index contributed by atoms with van der Waals surface area (Å²) < 4.78 is 1.99. The zero-order chi connectivity index (χ0) is 17.7. The minimum Gasteiger partial charge on any atom is -0.396 e. The van der Waals surface area contributed by atoms with Gasteiger partial charge in [0.1, 0.15) is 0 Å². The fourth-order valence-corrected chi connectivity index (χ4v) is 2.76. The van der Waals surface area contributed by atoms with E-state index in [4.69, 9.17) is 5.11 Å². The van der Waals surface area contributed by atoms with Crippen molar-refractivity contribution in [2.75, 3.05) is 11.9 Å². The highest BCUT2D eigenvalue weighted by atomic mass is 16.3. The zero-order valence-corrected chi connectivity index (χ0v) is 15.0. The number of rotatable bonds is 7. The third-order valence-electron chi connectivity index (χ3n) is 4.04. The molecule has 0 aliphatic rings. The molecule has 0 saturated carbocycles. The maximum absolute atomic E-state index is 12.3. The lowest BCUT2D eigenvalue weighted by Crippen LogP contribution is -2.15. The predicted octanol–water partition coefficient (Wildman–Crippen LogP) is 2.87. The first-order chi connectivity index (χ1) is 11.4. The van der Waals surface area contributed by atoms with Crippen LogP contribution in [0.4, 0.5) is 5.69 Å². The SMILES string of the molecule is Cc1nn(CC(C)C)c(C)c1CC(=O)Nc1ccc(CCO)cc1. The van der Waals surface area contributed by atoms with Crippen molar-refractivity contribution >= 4 is 11.6 Å². The van der Waals surface area contributed by atoms with E-state index in [1.54, 1.807) is 0 Å². The molecule has 5 heteroatoms. The number of nitrogens with one attached hydrogen (secondary N) is 1. The van der Waals surface area contributed by atoms with Gasteiger partial charge >= 0.3 is 0 Å². The van der Waals surface area contributed by atoms with Gasteiger partial charge in [-0.2, -0.15) is 5.10 Å². The quantitative estimate of drug-likeness (QED) is 0.821. The van der Waals surface area contributed by atoms with Gasteiger partial charge in [-0.25, -0.2) is 0 Å². The van der Waals surface area contributed by atoms with Crippen molar-refractivity contribution in [2.24, 2.45) is 5.92 Å². The average molecular weight is 329 g/mol. The Labute approximate surface area is 143 Å².